The molecular formula is C50H45NS. The zero-order valence-electron chi connectivity index (χ0n) is 30.4. The van der Waals surface area contributed by atoms with E-state index in [9.17, 15) is 0 Å². The van der Waals surface area contributed by atoms with Gasteiger partial charge in [0, 0.05) is 37.1 Å². The van der Waals surface area contributed by atoms with Crippen molar-refractivity contribution >= 4 is 59.3 Å². The monoisotopic (exact) mass is 691 g/mol. The Labute approximate surface area is 312 Å². The van der Waals surface area contributed by atoms with E-state index in [-0.39, 0.29) is 5.41 Å². The fourth-order valence-electron chi connectivity index (χ4n) is 8.61. The van der Waals surface area contributed by atoms with Crippen LogP contribution in [0.3, 0.4) is 0 Å². The van der Waals surface area contributed by atoms with Gasteiger partial charge in [0.15, 0.2) is 0 Å². The molecule has 1 aromatic heterocycles. The Balaban J connectivity index is 1.26. The van der Waals surface area contributed by atoms with Crippen LogP contribution >= 0.6 is 11.3 Å². The lowest BCUT2D eigenvalue weighted by atomic mass is 9.80. The van der Waals surface area contributed by atoms with Crippen LogP contribution in [0.1, 0.15) is 69.9 Å². The van der Waals surface area contributed by atoms with Crippen molar-refractivity contribution in [1.82, 2.24) is 0 Å². The van der Waals surface area contributed by atoms with E-state index in [0.717, 1.165) is 11.4 Å². The van der Waals surface area contributed by atoms with Gasteiger partial charge in [-0.3, -0.25) is 0 Å². The van der Waals surface area contributed by atoms with Crippen LogP contribution < -0.4 is 4.90 Å². The van der Waals surface area contributed by atoms with Gasteiger partial charge >= 0.3 is 0 Å². The summed E-state index contributed by atoms with van der Waals surface area (Å²) >= 11 is 1.88. The molecule has 2 heteroatoms. The Kier molecular flexibility index (Phi) is 8.44. The van der Waals surface area contributed by atoms with E-state index in [1.54, 1.807) is 0 Å². The van der Waals surface area contributed by atoms with Gasteiger partial charge in [0.25, 0.3) is 0 Å². The van der Waals surface area contributed by atoms with Gasteiger partial charge in [0.1, 0.15) is 0 Å². The van der Waals surface area contributed by atoms with E-state index >= 15 is 0 Å². The van der Waals surface area contributed by atoms with Crippen molar-refractivity contribution in [1.29, 1.82) is 0 Å². The number of nitrogens with zero attached hydrogens (tertiary/aromatic N) is 1. The molecule has 1 saturated carbocycles. The minimum absolute atomic E-state index is 0.0711. The molecule has 8 aromatic rings. The van der Waals surface area contributed by atoms with E-state index in [4.69, 9.17) is 0 Å². The predicted octanol–water partition coefficient (Wildman–Crippen LogP) is 15.4. The molecule has 1 fully saturated rings. The molecule has 256 valence electrons. The highest BCUT2D eigenvalue weighted by Crippen LogP contribution is 2.47. The molecule has 0 bridgehead atoms. The molecule has 1 heterocycles. The van der Waals surface area contributed by atoms with Crippen molar-refractivity contribution in [3.63, 3.8) is 0 Å². The highest BCUT2D eigenvalue weighted by atomic mass is 32.1. The van der Waals surface area contributed by atoms with Crippen LogP contribution in [-0.4, -0.2) is 0 Å². The first kappa shape index (κ1) is 32.7. The second-order valence-electron chi connectivity index (χ2n) is 15.6. The van der Waals surface area contributed by atoms with Crippen molar-refractivity contribution in [2.24, 2.45) is 0 Å². The highest BCUT2D eigenvalue weighted by molar-refractivity contribution is 7.25. The lowest BCUT2D eigenvalue weighted by Crippen LogP contribution is -2.14. The van der Waals surface area contributed by atoms with Crippen molar-refractivity contribution < 1.29 is 0 Å². The van der Waals surface area contributed by atoms with Gasteiger partial charge in [-0.15, -0.1) is 11.3 Å². The largest absolute Gasteiger partial charge is 0.310 e. The molecule has 1 aliphatic rings. The minimum Gasteiger partial charge on any atom is -0.310 e. The second-order valence-corrected chi connectivity index (χ2v) is 16.6. The Morgan fingerprint density at radius 2 is 1.21 bits per heavy atom. The Bertz CT molecular complexity index is 2540. The summed E-state index contributed by atoms with van der Waals surface area (Å²) in [7, 11) is 0. The summed E-state index contributed by atoms with van der Waals surface area (Å²) in [5.41, 5.74) is 11.5. The maximum Gasteiger partial charge on any atom is 0.0540 e. The van der Waals surface area contributed by atoms with E-state index < -0.39 is 0 Å². The molecular weight excluding hydrogens is 647 g/mol. The fourth-order valence-corrected chi connectivity index (χ4v) is 9.74. The van der Waals surface area contributed by atoms with Gasteiger partial charge in [-0.05, 0) is 105 Å². The summed E-state index contributed by atoms with van der Waals surface area (Å²) < 4.78 is 2.66. The van der Waals surface area contributed by atoms with Crippen molar-refractivity contribution in [3.8, 4) is 22.3 Å². The highest BCUT2D eigenvalue weighted by Gasteiger charge is 2.24. The molecule has 0 atom stereocenters. The summed E-state index contributed by atoms with van der Waals surface area (Å²) in [5, 5.41) is 5.41. The molecule has 0 unspecified atom stereocenters. The third-order valence-electron chi connectivity index (χ3n) is 11.2. The summed E-state index contributed by atoms with van der Waals surface area (Å²) in [6.45, 7) is 6.87. The van der Waals surface area contributed by atoms with Crippen molar-refractivity contribution in [2.75, 3.05) is 4.90 Å². The van der Waals surface area contributed by atoms with E-state index in [2.05, 4.69) is 177 Å². The van der Waals surface area contributed by atoms with Gasteiger partial charge in [-0.25, -0.2) is 0 Å². The topological polar surface area (TPSA) is 3.24 Å². The number of hydrogen-bond donors (Lipinski definition) is 0. The van der Waals surface area contributed by atoms with Gasteiger partial charge < -0.3 is 4.90 Å². The van der Waals surface area contributed by atoms with Gasteiger partial charge in [0.2, 0.25) is 0 Å². The van der Waals surface area contributed by atoms with Crippen LogP contribution in [0.25, 0.3) is 53.2 Å². The number of hydrogen-bond acceptors (Lipinski definition) is 2. The summed E-state index contributed by atoms with van der Waals surface area (Å²) in [4.78, 5) is 2.49. The van der Waals surface area contributed by atoms with Crippen LogP contribution in [0.5, 0.6) is 0 Å². The SMILES string of the molecule is CC(C)(C)c1ccc(N(c2cccc(-c3cccc4sc5ccccc5c34)c2)c2ccccc2-c2cccc3cccc(C4CCCCC4)c23)cc1. The van der Waals surface area contributed by atoms with Crippen LogP contribution in [0.4, 0.5) is 17.1 Å². The first-order valence-electron chi connectivity index (χ1n) is 19.0. The van der Waals surface area contributed by atoms with Gasteiger partial charge in [-0.2, -0.15) is 0 Å². The van der Waals surface area contributed by atoms with E-state index in [0.29, 0.717) is 5.92 Å². The fraction of sp³-hybridized carbons (Fsp3) is 0.200. The average Bonchev–Trinajstić information content (AvgIpc) is 3.57. The Morgan fingerprint density at radius 1 is 0.538 bits per heavy atom. The number of thiophene rings is 1. The maximum atomic E-state index is 2.49. The first-order valence-corrected chi connectivity index (χ1v) is 19.8. The molecule has 7 aromatic carbocycles. The molecule has 1 aliphatic carbocycles. The molecule has 0 N–H and O–H groups in total. The molecule has 0 aliphatic heterocycles. The number of anilines is 3. The molecule has 0 saturated heterocycles. The molecule has 52 heavy (non-hydrogen) atoms. The van der Waals surface area contributed by atoms with E-state index in [1.165, 1.54) is 102 Å². The average molecular weight is 692 g/mol. The molecule has 0 spiro atoms. The van der Waals surface area contributed by atoms with Crippen LogP contribution in [0.15, 0.2) is 152 Å². The molecule has 0 amide bonds. The lowest BCUT2D eigenvalue weighted by molar-refractivity contribution is 0.445. The number of rotatable bonds is 6. The molecule has 1 nitrogen and oxygen atoms in total. The van der Waals surface area contributed by atoms with E-state index in [1.807, 2.05) is 11.3 Å². The summed E-state index contributed by atoms with van der Waals surface area (Å²) in [6, 6.07) is 57.0. The summed E-state index contributed by atoms with van der Waals surface area (Å²) in [5.74, 6) is 0.611. The lowest BCUT2D eigenvalue weighted by Gasteiger charge is -2.30. The van der Waals surface area contributed by atoms with Crippen LogP contribution in [0.2, 0.25) is 0 Å². The molecule has 9 rings (SSSR count). The second kappa shape index (κ2) is 13.4. The Hall–Kier alpha value is -5.18. The summed E-state index contributed by atoms with van der Waals surface area (Å²) in [6.07, 6.45) is 6.56. The first-order chi connectivity index (χ1) is 25.4. The number of benzene rings is 7. The van der Waals surface area contributed by atoms with Crippen molar-refractivity contribution in [2.45, 2.75) is 64.2 Å². The minimum atomic E-state index is 0.0711. The normalized spacial score (nSPS) is 14.0. The smallest absolute Gasteiger partial charge is 0.0540 e. The van der Waals surface area contributed by atoms with Crippen LogP contribution in [-0.2, 0) is 5.41 Å². The maximum absolute atomic E-state index is 2.49. The standard InChI is InChI=1S/C50H45NS/c1-50(2,3)37-29-31-38(32-30-37)51(39-20-11-19-36(33-39)41-24-14-28-47-49(41)44-22-8-10-27-46(44)52-47)45-26-9-7-21-42(45)43-25-13-18-35-17-12-23-40(48(35)43)34-15-5-4-6-16-34/h7-14,17-34H,4-6,15-16H2,1-3H3. The zero-order valence-corrected chi connectivity index (χ0v) is 31.2. The van der Waals surface area contributed by atoms with Gasteiger partial charge in [-0.1, -0.05) is 149 Å². The number of fused-ring (bicyclic) bond motifs is 4. The quantitative estimate of drug-likeness (QED) is 0.168. The molecule has 0 radical (unpaired) electrons. The zero-order chi connectivity index (χ0) is 35.2. The van der Waals surface area contributed by atoms with Crippen LogP contribution in [0, 0.1) is 0 Å². The van der Waals surface area contributed by atoms with Crippen molar-refractivity contribution in [3.05, 3.63) is 163 Å². The number of para-hydroxylation sites is 1. The Morgan fingerprint density at radius 3 is 2.04 bits per heavy atom. The predicted molar refractivity (Wildman–Crippen MR) is 227 cm³/mol. The van der Waals surface area contributed by atoms with Gasteiger partial charge in [0.05, 0.1) is 5.69 Å². The third-order valence-corrected chi connectivity index (χ3v) is 12.4. The third kappa shape index (κ3) is 5.90.